The van der Waals surface area contributed by atoms with E-state index in [-0.39, 0.29) is 0 Å². The Morgan fingerprint density at radius 3 is 2.68 bits per heavy atom. The number of nitrogens with zero attached hydrogens (tertiary/aromatic N) is 1. The van der Waals surface area contributed by atoms with Gasteiger partial charge in [0, 0.05) is 6.54 Å². The third-order valence-electron chi connectivity index (χ3n) is 3.39. The Kier molecular flexibility index (Phi) is 7.16. The molecule has 0 amide bonds. The van der Waals surface area contributed by atoms with E-state index < -0.39 is 6.10 Å². The molecule has 0 radical (unpaired) electrons. The Bertz CT molecular complexity index is 498. The van der Waals surface area contributed by atoms with Gasteiger partial charge in [-0.05, 0) is 30.7 Å². The second-order valence-corrected chi connectivity index (χ2v) is 5.47. The van der Waals surface area contributed by atoms with E-state index >= 15 is 0 Å². The van der Waals surface area contributed by atoms with Crippen molar-refractivity contribution in [2.75, 3.05) is 19.7 Å². The van der Waals surface area contributed by atoms with E-state index in [4.69, 9.17) is 9.15 Å². The lowest BCUT2D eigenvalue weighted by Gasteiger charge is -2.23. The molecule has 1 unspecified atom stereocenters. The third-order valence-corrected chi connectivity index (χ3v) is 3.39. The number of aliphatic hydroxyl groups is 1. The molecular weight excluding hydrogens is 278 g/mol. The number of benzene rings is 1. The van der Waals surface area contributed by atoms with Crippen LogP contribution in [-0.2, 0) is 17.9 Å². The summed E-state index contributed by atoms with van der Waals surface area (Å²) in [7, 11) is 0. The van der Waals surface area contributed by atoms with Gasteiger partial charge in [0.25, 0.3) is 0 Å². The van der Waals surface area contributed by atoms with Crippen LogP contribution >= 0.6 is 0 Å². The van der Waals surface area contributed by atoms with Crippen LogP contribution < -0.4 is 0 Å². The van der Waals surface area contributed by atoms with E-state index in [1.807, 2.05) is 42.5 Å². The predicted octanol–water partition coefficient (Wildman–Crippen LogP) is 3.07. The topological polar surface area (TPSA) is 45.8 Å². The first-order valence-corrected chi connectivity index (χ1v) is 7.82. The molecule has 0 aliphatic heterocycles. The normalized spacial score (nSPS) is 12.7. The summed E-state index contributed by atoms with van der Waals surface area (Å²) < 4.78 is 11.0. The molecule has 1 aromatic carbocycles. The molecule has 0 bridgehead atoms. The average molecular weight is 303 g/mol. The molecule has 22 heavy (non-hydrogen) atoms. The van der Waals surface area contributed by atoms with Crippen LogP contribution in [0, 0.1) is 0 Å². The van der Waals surface area contributed by atoms with Crippen molar-refractivity contribution in [3.63, 3.8) is 0 Å². The standard InChI is InChI=1S/C18H25NO3/c1-2-10-19(13-18-9-6-11-22-18)12-17(20)15-21-14-16-7-4-3-5-8-16/h3-9,11,17,20H,2,10,12-15H2,1H3. The fraction of sp³-hybridized carbons (Fsp3) is 0.444. The lowest BCUT2D eigenvalue weighted by atomic mass is 10.2. The summed E-state index contributed by atoms with van der Waals surface area (Å²) >= 11 is 0. The maximum atomic E-state index is 10.2. The molecule has 0 aliphatic carbocycles. The van der Waals surface area contributed by atoms with Crippen molar-refractivity contribution in [1.82, 2.24) is 4.90 Å². The highest BCUT2D eigenvalue weighted by Gasteiger charge is 2.13. The SMILES string of the molecule is CCCN(Cc1ccco1)CC(O)COCc1ccccc1. The van der Waals surface area contributed by atoms with Gasteiger partial charge in [-0.1, -0.05) is 37.3 Å². The molecule has 0 fully saturated rings. The van der Waals surface area contributed by atoms with Crippen molar-refractivity contribution in [3.8, 4) is 0 Å². The van der Waals surface area contributed by atoms with Crippen LogP contribution in [-0.4, -0.2) is 35.8 Å². The quantitative estimate of drug-likeness (QED) is 0.733. The van der Waals surface area contributed by atoms with Crippen LogP contribution in [0.2, 0.25) is 0 Å². The Hall–Kier alpha value is -1.62. The molecule has 1 atom stereocenters. The molecule has 120 valence electrons. The zero-order valence-corrected chi connectivity index (χ0v) is 13.1. The number of rotatable bonds is 10. The minimum absolute atomic E-state index is 0.341. The number of hydrogen-bond acceptors (Lipinski definition) is 4. The first-order chi connectivity index (χ1) is 10.8. The molecule has 0 aliphatic rings. The van der Waals surface area contributed by atoms with Gasteiger partial charge in [-0.15, -0.1) is 0 Å². The summed E-state index contributed by atoms with van der Waals surface area (Å²) in [5.74, 6) is 0.922. The lowest BCUT2D eigenvalue weighted by molar-refractivity contribution is 0.00764. The summed E-state index contributed by atoms with van der Waals surface area (Å²) in [6.07, 6.45) is 2.22. The summed E-state index contributed by atoms with van der Waals surface area (Å²) in [4.78, 5) is 2.19. The number of aliphatic hydroxyl groups excluding tert-OH is 1. The molecule has 2 aromatic rings. The van der Waals surface area contributed by atoms with E-state index in [2.05, 4.69) is 11.8 Å². The van der Waals surface area contributed by atoms with Gasteiger partial charge in [-0.2, -0.15) is 0 Å². The minimum atomic E-state index is -0.495. The van der Waals surface area contributed by atoms with Crippen LogP contribution in [0.25, 0.3) is 0 Å². The van der Waals surface area contributed by atoms with Crippen molar-refractivity contribution in [1.29, 1.82) is 0 Å². The molecule has 1 heterocycles. The maximum absolute atomic E-state index is 10.2. The molecule has 0 saturated carbocycles. The Morgan fingerprint density at radius 2 is 2.00 bits per heavy atom. The molecule has 0 saturated heterocycles. The van der Waals surface area contributed by atoms with Gasteiger partial charge >= 0.3 is 0 Å². The van der Waals surface area contributed by atoms with E-state index in [0.717, 1.165) is 30.8 Å². The van der Waals surface area contributed by atoms with Crippen molar-refractivity contribution in [2.24, 2.45) is 0 Å². The van der Waals surface area contributed by atoms with Gasteiger partial charge in [0.15, 0.2) is 0 Å². The first kappa shape index (κ1) is 16.7. The molecule has 0 spiro atoms. The van der Waals surface area contributed by atoms with Crippen molar-refractivity contribution in [2.45, 2.75) is 32.6 Å². The van der Waals surface area contributed by atoms with Crippen LogP contribution in [0.15, 0.2) is 53.1 Å². The van der Waals surface area contributed by atoms with Gasteiger partial charge < -0.3 is 14.3 Å². The number of ether oxygens (including phenoxy) is 1. The Balaban J connectivity index is 1.72. The van der Waals surface area contributed by atoms with Gasteiger partial charge in [-0.3, -0.25) is 4.90 Å². The number of furan rings is 1. The van der Waals surface area contributed by atoms with Crippen molar-refractivity contribution < 1.29 is 14.3 Å². The van der Waals surface area contributed by atoms with Crippen LogP contribution in [0.3, 0.4) is 0 Å². The summed E-state index contributed by atoms with van der Waals surface area (Å²) in [5.41, 5.74) is 1.12. The highest BCUT2D eigenvalue weighted by Crippen LogP contribution is 2.08. The monoisotopic (exact) mass is 303 g/mol. The van der Waals surface area contributed by atoms with E-state index in [9.17, 15) is 5.11 Å². The lowest BCUT2D eigenvalue weighted by Crippen LogP contribution is -2.35. The third kappa shape index (κ3) is 6.02. The molecular formula is C18H25NO3. The molecule has 4 heteroatoms. The second-order valence-electron chi connectivity index (χ2n) is 5.47. The highest BCUT2D eigenvalue weighted by atomic mass is 16.5. The number of hydrogen-bond donors (Lipinski definition) is 1. The molecule has 4 nitrogen and oxygen atoms in total. The van der Waals surface area contributed by atoms with Crippen molar-refractivity contribution >= 4 is 0 Å². The largest absolute Gasteiger partial charge is 0.468 e. The molecule has 1 aromatic heterocycles. The van der Waals surface area contributed by atoms with Gasteiger partial charge in [0.2, 0.25) is 0 Å². The fourth-order valence-electron chi connectivity index (χ4n) is 2.41. The van der Waals surface area contributed by atoms with E-state index in [1.54, 1.807) is 6.26 Å². The zero-order valence-electron chi connectivity index (χ0n) is 13.1. The summed E-state index contributed by atoms with van der Waals surface area (Å²) in [5, 5.41) is 10.2. The summed E-state index contributed by atoms with van der Waals surface area (Å²) in [6, 6.07) is 13.8. The van der Waals surface area contributed by atoms with E-state index in [1.165, 1.54) is 0 Å². The smallest absolute Gasteiger partial charge is 0.117 e. The predicted molar refractivity (Wildman–Crippen MR) is 86.4 cm³/mol. The van der Waals surface area contributed by atoms with Crippen LogP contribution in [0.4, 0.5) is 0 Å². The zero-order chi connectivity index (χ0) is 15.6. The van der Waals surface area contributed by atoms with Gasteiger partial charge in [-0.25, -0.2) is 0 Å². The Morgan fingerprint density at radius 1 is 1.18 bits per heavy atom. The van der Waals surface area contributed by atoms with Crippen LogP contribution in [0.1, 0.15) is 24.7 Å². The maximum Gasteiger partial charge on any atom is 0.117 e. The van der Waals surface area contributed by atoms with Gasteiger partial charge in [0.1, 0.15) is 5.76 Å². The fourth-order valence-corrected chi connectivity index (χ4v) is 2.41. The van der Waals surface area contributed by atoms with Crippen LogP contribution in [0.5, 0.6) is 0 Å². The average Bonchev–Trinajstić information content (AvgIpc) is 3.01. The second kappa shape index (κ2) is 9.41. The highest BCUT2D eigenvalue weighted by molar-refractivity contribution is 5.13. The van der Waals surface area contributed by atoms with Crippen molar-refractivity contribution in [3.05, 3.63) is 60.1 Å². The molecule has 2 rings (SSSR count). The summed E-state index contributed by atoms with van der Waals surface area (Å²) in [6.45, 7) is 5.24. The molecule has 1 N–H and O–H groups in total. The minimum Gasteiger partial charge on any atom is -0.468 e. The Labute approximate surface area is 132 Å². The van der Waals surface area contributed by atoms with Gasteiger partial charge in [0.05, 0.1) is 32.1 Å². The van der Waals surface area contributed by atoms with E-state index in [0.29, 0.717) is 19.8 Å². The first-order valence-electron chi connectivity index (χ1n) is 7.82.